The molecule has 3 heteroatoms. The standard InChI is InChI=1S/C17H20N2S/c1-2-5-13-10-14(8-7-12(13)4-1)17-19-16(11-20-17)15-6-3-9-18-15/h1-2,4-5,11,14-15,18H,3,6-10H2. The number of hydrogen-bond donors (Lipinski definition) is 1. The third-order valence-corrected chi connectivity index (χ3v) is 5.68. The van der Waals surface area contributed by atoms with Crippen LogP contribution in [0.4, 0.5) is 0 Å². The summed E-state index contributed by atoms with van der Waals surface area (Å²) in [6.45, 7) is 1.15. The van der Waals surface area contributed by atoms with E-state index in [2.05, 4.69) is 35.0 Å². The molecule has 1 aromatic carbocycles. The maximum Gasteiger partial charge on any atom is 0.0963 e. The quantitative estimate of drug-likeness (QED) is 0.906. The number of hydrogen-bond acceptors (Lipinski definition) is 3. The molecule has 1 aromatic heterocycles. The molecule has 0 spiro atoms. The minimum Gasteiger partial charge on any atom is -0.309 e. The first-order valence-electron chi connectivity index (χ1n) is 7.65. The minimum absolute atomic E-state index is 0.510. The van der Waals surface area contributed by atoms with E-state index in [4.69, 9.17) is 4.98 Å². The van der Waals surface area contributed by atoms with E-state index in [0.717, 1.165) is 6.54 Å². The summed E-state index contributed by atoms with van der Waals surface area (Å²) in [6, 6.07) is 9.40. The van der Waals surface area contributed by atoms with Crippen molar-refractivity contribution in [2.45, 2.75) is 44.1 Å². The molecule has 1 saturated heterocycles. The van der Waals surface area contributed by atoms with Crippen molar-refractivity contribution in [1.29, 1.82) is 0 Å². The van der Waals surface area contributed by atoms with Crippen LogP contribution in [-0.2, 0) is 12.8 Å². The minimum atomic E-state index is 0.510. The fraction of sp³-hybridized carbons (Fsp3) is 0.471. The van der Waals surface area contributed by atoms with E-state index in [0.29, 0.717) is 12.0 Å². The van der Waals surface area contributed by atoms with Crippen molar-refractivity contribution < 1.29 is 0 Å². The lowest BCUT2D eigenvalue weighted by Crippen LogP contribution is -2.15. The van der Waals surface area contributed by atoms with Crippen LogP contribution in [0.25, 0.3) is 0 Å². The van der Waals surface area contributed by atoms with E-state index < -0.39 is 0 Å². The molecule has 1 aliphatic heterocycles. The first-order valence-corrected chi connectivity index (χ1v) is 8.53. The summed E-state index contributed by atoms with van der Waals surface area (Å²) < 4.78 is 0. The first kappa shape index (κ1) is 12.5. The van der Waals surface area contributed by atoms with Gasteiger partial charge in [-0.3, -0.25) is 0 Å². The van der Waals surface area contributed by atoms with E-state index in [9.17, 15) is 0 Å². The number of aryl methyl sites for hydroxylation is 1. The van der Waals surface area contributed by atoms with Crippen LogP contribution in [0.15, 0.2) is 29.6 Å². The Morgan fingerprint density at radius 3 is 2.90 bits per heavy atom. The number of nitrogens with one attached hydrogen (secondary N) is 1. The van der Waals surface area contributed by atoms with E-state index >= 15 is 0 Å². The molecule has 1 aliphatic carbocycles. The van der Waals surface area contributed by atoms with Gasteiger partial charge in [-0.25, -0.2) is 4.98 Å². The molecule has 2 aromatic rings. The number of benzene rings is 1. The smallest absolute Gasteiger partial charge is 0.0963 e. The van der Waals surface area contributed by atoms with Crippen LogP contribution in [0, 0.1) is 0 Å². The lowest BCUT2D eigenvalue weighted by atomic mass is 9.84. The van der Waals surface area contributed by atoms with E-state index in [1.54, 1.807) is 0 Å². The van der Waals surface area contributed by atoms with Gasteiger partial charge in [-0.05, 0) is 49.8 Å². The van der Waals surface area contributed by atoms with Gasteiger partial charge >= 0.3 is 0 Å². The Hall–Kier alpha value is -1.19. The molecular weight excluding hydrogens is 264 g/mol. The molecule has 2 atom stereocenters. The Labute approximate surface area is 124 Å². The van der Waals surface area contributed by atoms with Crippen LogP contribution in [0.1, 0.15) is 53.1 Å². The Morgan fingerprint density at radius 2 is 2.05 bits per heavy atom. The fourth-order valence-electron chi connectivity index (χ4n) is 3.49. The number of fused-ring (bicyclic) bond motifs is 1. The van der Waals surface area contributed by atoms with Crippen molar-refractivity contribution in [1.82, 2.24) is 10.3 Å². The molecule has 2 heterocycles. The van der Waals surface area contributed by atoms with Crippen LogP contribution in [-0.4, -0.2) is 11.5 Å². The topological polar surface area (TPSA) is 24.9 Å². The molecule has 2 aliphatic rings. The maximum atomic E-state index is 4.94. The molecule has 0 amide bonds. The molecule has 1 fully saturated rings. The van der Waals surface area contributed by atoms with Gasteiger partial charge in [-0.2, -0.15) is 0 Å². The van der Waals surface area contributed by atoms with Gasteiger partial charge in [0.25, 0.3) is 0 Å². The Balaban J connectivity index is 1.54. The summed E-state index contributed by atoms with van der Waals surface area (Å²) in [5, 5.41) is 7.18. The molecule has 1 N–H and O–H groups in total. The molecule has 0 radical (unpaired) electrons. The Bertz CT molecular complexity index is 599. The summed E-state index contributed by atoms with van der Waals surface area (Å²) in [6.07, 6.45) is 6.16. The summed E-state index contributed by atoms with van der Waals surface area (Å²) in [5.41, 5.74) is 4.35. The predicted molar refractivity (Wildman–Crippen MR) is 83.3 cm³/mol. The van der Waals surface area contributed by atoms with E-state index in [-0.39, 0.29) is 0 Å². The Kier molecular flexibility index (Phi) is 3.32. The summed E-state index contributed by atoms with van der Waals surface area (Å²) in [4.78, 5) is 4.94. The average Bonchev–Trinajstić information content (AvgIpc) is 3.17. The van der Waals surface area contributed by atoms with Crippen molar-refractivity contribution in [3.05, 3.63) is 51.5 Å². The molecule has 104 valence electrons. The zero-order valence-corrected chi connectivity index (χ0v) is 12.5. The van der Waals surface area contributed by atoms with Crippen molar-refractivity contribution in [2.75, 3.05) is 6.54 Å². The van der Waals surface area contributed by atoms with Crippen molar-refractivity contribution in [3.63, 3.8) is 0 Å². The number of rotatable bonds is 2. The summed E-state index contributed by atoms with van der Waals surface area (Å²) in [5.74, 6) is 0.630. The molecule has 2 unspecified atom stereocenters. The number of nitrogens with zero attached hydrogens (tertiary/aromatic N) is 1. The van der Waals surface area contributed by atoms with Crippen LogP contribution in [0.3, 0.4) is 0 Å². The summed E-state index contributed by atoms with van der Waals surface area (Å²) >= 11 is 1.87. The predicted octanol–water partition coefficient (Wildman–Crippen LogP) is 3.84. The van der Waals surface area contributed by atoms with Crippen molar-refractivity contribution in [3.8, 4) is 0 Å². The van der Waals surface area contributed by atoms with Gasteiger partial charge in [-0.15, -0.1) is 11.3 Å². The van der Waals surface area contributed by atoms with Crippen molar-refractivity contribution in [2.24, 2.45) is 0 Å². The second-order valence-corrected chi connectivity index (χ2v) is 6.86. The average molecular weight is 284 g/mol. The van der Waals surface area contributed by atoms with E-state index in [1.807, 2.05) is 11.3 Å². The molecule has 0 saturated carbocycles. The second-order valence-electron chi connectivity index (χ2n) is 5.97. The highest BCUT2D eigenvalue weighted by Crippen LogP contribution is 2.35. The molecule has 2 nitrogen and oxygen atoms in total. The zero-order valence-electron chi connectivity index (χ0n) is 11.6. The van der Waals surface area contributed by atoms with Gasteiger partial charge in [0.05, 0.1) is 16.7 Å². The largest absolute Gasteiger partial charge is 0.309 e. The van der Waals surface area contributed by atoms with Gasteiger partial charge in [0.2, 0.25) is 0 Å². The molecule has 4 rings (SSSR count). The monoisotopic (exact) mass is 284 g/mol. The van der Waals surface area contributed by atoms with Crippen molar-refractivity contribution >= 4 is 11.3 Å². The van der Waals surface area contributed by atoms with Gasteiger partial charge in [0, 0.05) is 11.3 Å². The third kappa shape index (κ3) is 2.29. The highest BCUT2D eigenvalue weighted by Gasteiger charge is 2.24. The van der Waals surface area contributed by atoms with Gasteiger partial charge < -0.3 is 5.32 Å². The normalized spacial score (nSPS) is 25.6. The third-order valence-electron chi connectivity index (χ3n) is 4.65. The first-order chi connectivity index (χ1) is 9.90. The maximum absolute atomic E-state index is 4.94. The molecule has 0 bridgehead atoms. The van der Waals surface area contributed by atoms with Crippen LogP contribution < -0.4 is 5.32 Å². The summed E-state index contributed by atoms with van der Waals surface area (Å²) in [7, 11) is 0. The van der Waals surface area contributed by atoms with E-state index in [1.165, 1.54) is 53.9 Å². The fourth-order valence-corrected chi connectivity index (χ4v) is 4.50. The second kappa shape index (κ2) is 5.30. The highest BCUT2D eigenvalue weighted by molar-refractivity contribution is 7.09. The van der Waals surface area contributed by atoms with Gasteiger partial charge in [0.15, 0.2) is 0 Å². The number of thiazole rings is 1. The zero-order chi connectivity index (χ0) is 13.4. The van der Waals surface area contributed by atoms with Crippen LogP contribution in [0.2, 0.25) is 0 Å². The number of aromatic nitrogens is 1. The lowest BCUT2D eigenvalue weighted by Gasteiger charge is -2.22. The lowest BCUT2D eigenvalue weighted by molar-refractivity contribution is 0.572. The van der Waals surface area contributed by atoms with Crippen LogP contribution in [0.5, 0.6) is 0 Å². The van der Waals surface area contributed by atoms with Crippen LogP contribution >= 0.6 is 11.3 Å². The molecular formula is C17H20N2S. The van der Waals surface area contributed by atoms with Gasteiger partial charge in [-0.1, -0.05) is 24.3 Å². The molecule has 20 heavy (non-hydrogen) atoms. The SMILES string of the molecule is c1ccc2c(c1)CCC(c1nc(C3CCCN3)cs1)C2. The van der Waals surface area contributed by atoms with Gasteiger partial charge in [0.1, 0.15) is 0 Å². The Morgan fingerprint density at radius 1 is 1.15 bits per heavy atom. The highest BCUT2D eigenvalue weighted by atomic mass is 32.1.